The molecule has 0 fully saturated rings. The van der Waals surface area contributed by atoms with Gasteiger partial charge in [0.25, 0.3) is 0 Å². The minimum absolute atomic E-state index is 0.247. The van der Waals surface area contributed by atoms with Crippen molar-refractivity contribution in [1.29, 1.82) is 0 Å². The highest BCUT2D eigenvalue weighted by Crippen LogP contribution is 2.26. The first-order chi connectivity index (χ1) is 7.46. The third-order valence-corrected chi connectivity index (χ3v) is 2.78. The van der Waals surface area contributed by atoms with Gasteiger partial charge in [0.05, 0.1) is 26.9 Å². The fraction of sp³-hybridized carbons (Fsp3) is 0.727. The fourth-order valence-electron chi connectivity index (χ4n) is 1.34. The number of hydrogen-bond acceptors (Lipinski definition) is 5. The summed E-state index contributed by atoms with van der Waals surface area (Å²) in [7, 11) is 1.29. The average Bonchev–Trinajstić information content (AvgIpc) is 2.33. The average molecular weight is 232 g/mol. The Kier molecular flexibility index (Phi) is 6.25. The zero-order valence-corrected chi connectivity index (χ0v) is 9.99. The SMILES string of the molecule is COC(=O)C(C)=C(C)CC(CO)(CO)CO. The summed E-state index contributed by atoms with van der Waals surface area (Å²) in [6, 6.07) is 0. The number of allylic oxidation sites excluding steroid dienone is 1. The first-order valence-electron chi connectivity index (χ1n) is 5.03. The highest BCUT2D eigenvalue weighted by molar-refractivity contribution is 5.88. The van der Waals surface area contributed by atoms with Crippen LogP contribution in [0.5, 0.6) is 0 Å². The van der Waals surface area contributed by atoms with E-state index in [1.165, 1.54) is 7.11 Å². The molecule has 0 heterocycles. The van der Waals surface area contributed by atoms with E-state index in [-0.39, 0.29) is 26.2 Å². The van der Waals surface area contributed by atoms with Gasteiger partial charge in [0.2, 0.25) is 0 Å². The summed E-state index contributed by atoms with van der Waals surface area (Å²) >= 11 is 0. The molecule has 0 bridgehead atoms. The van der Waals surface area contributed by atoms with Crippen molar-refractivity contribution in [2.45, 2.75) is 20.3 Å². The normalized spacial score (nSPS) is 13.4. The third kappa shape index (κ3) is 3.59. The van der Waals surface area contributed by atoms with Crippen molar-refractivity contribution >= 4 is 5.97 Å². The summed E-state index contributed by atoms with van der Waals surface area (Å²) in [6.45, 7) is 2.30. The molecule has 0 spiro atoms. The van der Waals surface area contributed by atoms with E-state index >= 15 is 0 Å². The quantitative estimate of drug-likeness (QED) is 0.438. The molecular weight excluding hydrogens is 212 g/mol. The number of ether oxygens (including phenoxy) is 1. The summed E-state index contributed by atoms with van der Waals surface area (Å²) < 4.78 is 4.56. The van der Waals surface area contributed by atoms with Gasteiger partial charge in [-0.05, 0) is 20.3 Å². The maximum absolute atomic E-state index is 11.2. The van der Waals surface area contributed by atoms with Crippen molar-refractivity contribution < 1.29 is 24.9 Å². The van der Waals surface area contributed by atoms with Crippen molar-refractivity contribution in [1.82, 2.24) is 0 Å². The largest absolute Gasteiger partial charge is 0.466 e. The molecule has 0 atom stereocenters. The van der Waals surface area contributed by atoms with E-state index in [0.717, 1.165) is 0 Å². The Morgan fingerprint density at radius 2 is 1.56 bits per heavy atom. The number of methoxy groups -OCH3 is 1. The molecule has 5 nitrogen and oxygen atoms in total. The van der Waals surface area contributed by atoms with Gasteiger partial charge in [-0.1, -0.05) is 5.57 Å². The summed E-state index contributed by atoms with van der Waals surface area (Å²) in [5.74, 6) is -0.444. The molecule has 0 aliphatic rings. The summed E-state index contributed by atoms with van der Waals surface area (Å²) in [6.07, 6.45) is 0.247. The van der Waals surface area contributed by atoms with E-state index < -0.39 is 11.4 Å². The minimum atomic E-state index is -0.987. The number of rotatable bonds is 6. The van der Waals surface area contributed by atoms with Gasteiger partial charge in [0.1, 0.15) is 0 Å². The van der Waals surface area contributed by atoms with Crippen LogP contribution in [-0.4, -0.2) is 48.2 Å². The molecule has 3 N–H and O–H groups in total. The van der Waals surface area contributed by atoms with Gasteiger partial charge >= 0.3 is 5.97 Å². The maximum Gasteiger partial charge on any atom is 0.333 e. The molecule has 0 aliphatic carbocycles. The van der Waals surface area contributed by atoms with E-state index in [4.69, 9.17) is 15.3 Å². The zero-order valence-electron chi connectivity index (χ0n) is 9.99. The molecule has 0 aromatic carbocycles. The summed E-state index contributed by atoms with van der Waals surface area (Å²) in [5, 5.41) is 27.4. The standard InChI is InChI=1S/C11H20O5/c1-8(9(2)10(15)16-3)4-11(5-12,6-13)7-14/h12-14H,4-7H2,1-3H3. The van der Waals surface area contributed by atoms with Gasteiger partial charge < -0.3 is 20.1 Å². The number of aliphatic hydroxyl groups is 3. The van der Waals surface area contributed by atoms with Gasteiger partial charge in [-0.15, -0.1) is 0 Å². The van der Waals surface area contributed by atoms with E-state index in [1.807, 2.05) is 0 Å². The van der Waals surface area contributed by atoms with Crippen molar-refractivity contribution in [3.8, 4) is 0 Å². The first-order valence-corrected chi connectivity index (χ1v) is 5.03. The monoisotopic (exact) mass is 232 g/mol. The Labute approximate surface area is 95.4 Å². The molecular formula is C11H20O5. The Balaban J connectivity index is 4.88. The smallest absolute Gasteiger partial charge is 0.333 e. The lowest BCUT2D eigenvalue weighted by molar-refractivity contribution is -0.136. The topological polar surface area (TPSA) is 87.0 Å². The molecule has 0 saturated carbocycles. The molecule has 0 amide bonds. The summed E-state index contributed by atoms with van der Waals surface area (Å²) in [5.41, 5.74) is 0.130. The van der Waals surface area contributed by atoms with Crippen LogP contribution in [0.2, 0.25) is 0 Å². The van der Waals surface area contributed by atoms with Crippen LogP contribution < -0.4 is 0 Å². The van der Waals surface area contributed by atoms with Crippen LogP contribution in [0.15, 0.2) is 11.1 Å². The van der Waals surface area contributed by atoms with Crippen LogP contribution in [0.1, 0.15) is 20.3 Å². The predicted molar refractivity (Wildman–Crippen MR) is 58.7 cm³/mol. The number of carbonyl (C=O) groups excluding carboxylic acids is 1. The van der Waals surface area contributed by atoms with Gasteiger partial charge in [-0.2, -0.15) is 0 Å². The van der Waals surface area contributed by atoms with Crippen LogP contribution >= 0.6 is 0 Å². The van der Waals surface area contributed by atoms with Gasteiger partial charge in [0, 0.05) is 11.0 Å². The van der Waals surface area contributed by atoms with E-state index in [0.29, 0.717) is 11.1 Å². The van der Waals surface area contributed by atoms with Gasteiger partial charge in [-0.3, -0.25) is 0 Å². The molecule has 0 aromatic rings. The molecule has 0 saturated heterocycles. The number of aliphatic hydroxyl groups excluding tert-OH is 3. The molecule has 94 valence electrons. The predicted octanol–water partition coefficient (Wildman–Crippen LogP) is -0.151. The van der Waals surface area contributed by atoms with Crippen LogP contribution in [0.3, 0.4) is 0 Å². The van der Waals surface area contributed by atoms with Crippen molar-refractivity contribution in [2.75, 3.05) is 26.9 Å². The zero-order chi connectivity index (χ0) is 12.8. The fourth-order valence-corrected chi connectivity index (χ4v) is 1.34. The van der Waals surface area contributed by atoms with E-state index in [2.05, 4.69) is 4.74 Å². The Hall–Kier alpha value is -0.910. The minimum Gasteiger partial charge on any atom is -0.466 e. The molecule has 0 aliphatic heterocycles. The molecule has 0 unspecified atom stereocenters. The second-order valence-corrected chi connectivity index (χ2v) is 4.05. The van der Waals surface area contributed by atoms with Crippen LogP contribution in [0.4, 0.5) is 0 Å². The van der Waals surface area contributed by atoms with Crippen LogP contribution in [0, 0.1) is 5.41 Å². The Morgan fingerprint density at radius 3 is 1.88 bits per heavy atom. The van der Waals surface area contributed by atoms with E-state index in [1.54, 1.807) is 13.8 Å². The third-order valence-electron chi connectivity index (χ3n) is 2.78. The van der Waals surface area contributed by atoms with Crippen molar-refractivity contribution in [3.63, 3.8) is 0 Å². The van der Waals surface area contributed by atoms with Crippen molar-refractivity contribution in [3.05, 3.63) is 11.1 Å². The molecule has 0 aromatic heterocycles. The molecule has 0 rings (SSSR count). The van der Waals surface area contributed by atoms with Gasteiger partial charge in [0.15, 0.2) is 0 Å². The molecule has 16 heavy (non-hydrogen) atoms. The maximum atomic E-state index is 11.2. The lowest BCUT2D eigenvalue weighted by Crippen LogP contribution is -2.34. The second-order valence-electron chi connectivity index (χ2n) is 4.05. The van der Waals surface area contributed by atoms with Crippen molar-refractivity contribution in [2.24, 2.45) is 5.41 Å². The number of carbonyl (C=O) groups is 1. The number of esters is 1. The van der Waals surface area contributed by atoms with Crippen LogP contribution in [-0.2, 0) is 9.53 Å². The van der Waals surface area contributed by atoms with Crippen LogP contribution in [0.25, 0.3) is 0 Å². The number of hydrogen-bond donors (Lipinski definition) is 3. The van der Waals surface area contributed by atoms with E-state index in [9.17, 15) is 4.79 Å². The lowest BCUT2D eigenvalue weighted by Gasteiger charge is -2.28. The van der Waals surface area contributed by atoms with Gasteiger partial charge in [-0.25, -0.2) is 4.79 Å². The Morgan fingerprint density at radius 1 is 1.12 bits per heavy atom. The summed E-state index contributed by atoms with van der Waals surface area (Å²) in [4.78, 5) is 11.2. The lowest BCUT2D eigenvalue weighted by atomic mass is 9.83. The molecule has 5 heteroatoms. The Bertz CT molecular complexity index is 257. The highest BCUT2D eigenvalue weighted by atomic mass is 16.5. The molecule has 0 radical (unpaired) electrons. The first kappa shape index (κ1) is 15.1. The second kappa shape index (κ2) is 6.62. The highest BCUT2D eigenvalue weighted by Gasteiger charge is 2.29.